The lowest BCUT2D eigenvalue weighted by molar-refractivity contribution is -0.137. The standard InChI is InChI=1S/C19H12ClF3IN7O/c20-13-6-3-10(7-12(13)19(21,22)23)29-18(32)28-9-1-4-11(5-2-9)31-16-14(30-17(31)24)15(25)26-8-27-16/h1-8H,(H2,25,26,27)(H2,28,29,32). The Hall–Kier alpha value is -3.13. The summed E-state index contributed by atoms with van der Waals surface area (Å²) in [6.07, 6.45) is -3.29. The molecule has 13 heteroatoms. The molecule has 4 rings (SSSR count). The monoisotopic (exact) mass is 573 g/mol. The molecular formula is C19H12ClF3IN7O. The van der Waals surface area contributed by atoms with E-state index in [0.29, 0.717) is 26.4 Å². The molecule has 0 bridgehead atoms. The summed E-state index contributed by atoms with van der Waals surface area (Å²) in [5.74, 6) is 0.262. The second-order valence-corrected chi connectivity index (χ2v) is 7.84. The summed E-state index contributed by atoms with van der Waals surface area (Å²) in [5, 5.41) is 4.46. The number of carbonyl (C=O) groups excluding carboxylic acids is 1. The maximum absolute atomic E-state index is 13.0. The summed E-state index contributed by atoms with van der Waals surface area (Å²) in [7, 11) is 0. The minimum Gasteiger partial charge on any atom is -0.382 e. The van der Waals surface area contributed by atoms with Crippen LogP contribution in [0, 0.1) is 3.83 Å². The van der Waals surface area contributed by atoms with Crippen LogP contribution in [0.5, 0.6) is 0 Å². The van der Waals surface area contributed by atoms with Gasteiger partial charge in [0.2, 0.25) is 0 Å². The first kappa shape index (κ1) is 22.1. The van der Waals surface area contributed by atoms with Crippen molar-refractivity contribution in [1.82, 2.24) is 19.5 Å². The summed E-state index contributed by atoms with van der Waals surface area (Å²) >= 11 is 7.63. The third kappa shape index (κ3) is 4.41. The molecule has 0 atom stereocenters. The van der Waals surface area contributed by atoms with Crippen LogP contribution < -0.4 is 16.4 Å². The van der Waals surface area contributed by atoms with E-state index in [9.17, 15) is 18.0 Å². The highest BCUT2D eigenvalue weighted by Crippen LogP contribution is 2.36. The van der Waals surface area contributed by atoms with E-state index < -0.39 is 22.8 Å². The number of rotatable bonds is 3. The van der Waals surface area contributed by atoms with Crippen LogP contribution in [0.2, 0.25) is 5.02 Å². The number of nitrogens with one attached hydrogen (secondary N) is 2. The first-order valence-corrected chi connectivity index (χ1v) is 10.3. The molecule has 8 nitrogen and oxygen atoms in total. The number of aromatic nitrogens is 4. The molecule has 0 saturated heterocycles. The van der Waals surface area contributed by atoms with E-state index in [1.807, 2.05) is 22.6 Å². The first-order valence-electron chi connectivity index (χ1n) is 8.83. The second kappa shape index (κ2) is 8.43. The van der Waals surface area contributed by atoms with Gasteiger partial charge in [-0.2, -0.15) is 13.2 Å². The molecule has 164 valence electrons. The van der Waals surface area contributed by atoms with Crippen LogP contribution in [0.4, 0.5) is 35.2 Å². The van der Waals surface area contributed by atoms with E-state index in [0.717, 1.165) is 12.1 Å². The van der Waals surface area contributed by atoms with Crippen LogP contribution in [-0.4, -0.2) is 25.6 Å². The topological polar surface area (TPSA) is 111 Å². The predicted octanol–water partition coefficient (Wildman–Crippen LogP) is 5.32. The van der Waals surface area contributed by atoms with Gasteiger partial charge in [0.15, 0.2) is 20.8 Å². The molecule has 0 aliphatic carbocycles. The van der Waals surface area contributed by atoms with Crippen LogP contribution in [0.15, 0.2) is 48.8 Å². The Morgan fingerprint density at radius 3 is 2.41 bits per heavy atom. The van der Waals surface area contributed by atoms with E-state index >= 15 is 0 Å². The maximum Gasteiger partial charge on any atom is 0.417 e. The van der Waals surface area contributed by atoms with Crippen molar-refractivity contribution in [2.24, 2.45) is 0 Å². The Kier molecular flexibility index (Phi) is 5.81. The summed E-state index contributed by atoms with van der Waals surface area (Å²) in [4.78, 5) is 24.7. The van der Waals surface area contributed by atoms with E-state index in [1.54, 1.807) is 28.8 Å². The Bertz CT molecular complexity index is 1330. The number of urea groups is 1. The normalized spacial score (nSPS) is 11.5. The molecule has 0 fully saturated rings. The van der Waals surface area contributed by atoms with Gasteiger partial charge in [0, 0.05) is 39.7 Å². The van der Waals surface area contributed by atoms with Crippen LogP contribution in [0.1, 0.15) is 5.56 Å². The van der Waals surface area contributed by atoms with Gasteiger partial charge in [-0.25, -0.2) is 19.7 Å². The molecule has 2 heterocycles. The molecule has 32 heavy (non-hydrogen) atoms. The Morgan fingerprint density at radius 1 is 1.06 bits per heavy atom. The zero-order chi connectivity index (χ0) is 23.0. The predicted molar refractivity (Wildman–Crippen MR) is 123 cm³/mol. The van der Waals surface area contributed by atoms with E-state index in [1.165, 1.54) is 12.4 Å². The number of fused-ring (bicyclic) bond motifs is 1. The lowest BCUT2D eigenvalue weighted by Gasteiger charge is -2.12. The van der Waals surface area contributed by atoms with Gasteiger partial charge in [-0.3, -0.25) is 4.57 Å². The van der Waals surface area contributed by atoms with Crippen LogP contribution >= 0.6 is 34.2 Å². The van der Waals surface area contributed by atoms with Crippen LogP contribution in [-0.2, 0) is 6.18 Å². The van der Waals surface area contributed by atoms with Crippen molar-refractivity contribution in [2.45, 2.75) is 6.18 Å². The van der Waals surface area contributed by atoms with Gasteiger partial charge in [-0.15, -0.1) is 0 Å². The van der Waals surface area contributed by atoms with Gasteiger partial charge in [0.25, 0.3) is 0 Å². The molecule has 2 amide bonds. The largest absolute Gasteiger partial charge is 0.417 e. The van der Waals surface area contributed by atoms with Crippen molar-refractivity contribution >= 4 is 68.6 Å². The average molecular weight is 574 g/mol. The van der Waals surface area contributed by atoms with E-state index in [4.69, 9.17) is 17.3 Å². The fourth-order valence-electron chi connectivity index (χ4n) is 2.92. The smallest absolute Gasteiger partial charge is 0.382 e. The zero-order valence-corrected chi connectivity index (χ0v) is 18.7. The van der Waals surface area contributed by atoms with E-state index in [-0.39, 0.29) is 11.5 Å². The number of nitrogens with zero attached hydrogens (tertiary/aromatic N) is 4. The lowest BCUT2D eigenvalue weighted by Crippen LogP contribution is -2.20. The minimum atomic E-state index is -4.63. The number of hydrogen-bond donors (Lipinski definition) is 3. The van der Waals surface area contributed by atoms with Crippen molar-refractivity contribution < 1.29 is 18.0 Å². The minimum absolute atomic E-state index is 0.0486. The van der Waals surface area contributed by atoms with Crippen LogP contribution in [0.3, 0.4) is 0 Å². The number of benzene rings is 2. The quantitative estimate of drug-likeness (QED) is 0.227. The van der Waals surface area contributed by atoms with Crippen molar-refractivity contribution in [3.05, 3.63) is 63.2 Å². The van der Waals surface area contributed by atoms with Gasteiger partial charge in [-0.05, 0) is 42.5 Å². The molecule has 4 aromatic rings. The number of anilines is 3. The van der Waals surface area contributed by atoms with Crippen molar-refractivity contribution in [3.63, 3.8) is 0 Å². The van der Waals surface area contributed by atoms with E-state index in [2.05, 4.69) is 25.6 Å². The highest BCUT2D eigenvalue weighted by molar-refractivity contribution is 14.1. The van der Waals surface area contributed by atoms with Gasteiger partial charge in [0.1, 0.15) is 6.33 Å². The fourth-order valence-corrected chi connectivity index (χ4v) is 3.89. The van der Waals surface area contributed by atoms with Crippen molar-refractivity contribution in [3.8, 4) is 5.69 Å². The number of carbonyl (C=O) groups is 1. The highest BCUT2D eigenvalue weighted by atomic mass is 127. The maximum atomic E-state index is 13.0. The number of nitrogens with two attached hydrogens (primary N) is 1. The summed E-state index contributed by atoms with van der Waals surface area (Å²) in [6.45, 7) is 0. The third-order valence-corrected chi connectivity index (χ3v) is 5.40. The summed E-state index contributed by atoms with van der Waals surface area (Å²) in [5.41, 5.74) is 6.90. The molecule has 0 aliphatic rings. The SMILES string of the molecule is Nc1ncnc2c1nc(I)n2-c1ccc(NC(=O)Nc2ccc(Cl)c(C(F)(F)F)c2)cc1. The van der Waals surface area contributed by atoms with Gasteiger partial charge in [-0.1, -0.05) is 11.6 Å². The Balaban J connectivity index is 1.51. The fraction of sp³-hybridized carbons (Fsp3) is 0.0526. The number of hydrogen-bond acceptors (Lipinski definition) is 5. The molecule has 0 radical (unpaired) electrons. The van der Waals surface area contributed by atoms with Gasteiger partial charge >= 0.3 is 12.2 Å². The average Bonchev–Trinajstić information content (AvgIpc) is 3.06. The highest BCUT2D eigenvalue weighted by Gasteiger charge is 2.33. The molecule has 0 aliphatic heterocycles. The molecule has 0 spiro atoms. The lowest BCUT2D eigenvalue weighted by atomic mass is 10.2. The van der Waals surface area contributed by atoms with Gasteiger partial charge < -0.3 is 16.4 Å². The summed E-state index contributed by atoms with van der Waals surface area (Å²) < 4.78 is 41.3. The number of alkyl halides is 3. The third-order valence-electron chi connectivity index (χ3n) is 4.34. The Labute approximate surface area is 197 Å². The van der Waals surface area contributed by atoms with Crippen LogP contribution in [0.25, 0.3) is 16.9 Å². The number of amides is 2. The summed E-state index contributed by atoms with van der Waals surface area (Å²) in [6, 6.07) is 9.11. The molecule has 2 aromatic carbocycles. The molecular weight excluding hydrogens is 562 g/mol. The van der Waals surface area contributed by atoms with Gasteiger partial charge in [0.05, 0.1) is 10.6 Å². The Morgan fingerprint density at radius 2 is 1.72 bits per heavy atom. The first-order chi connectivity index (χ1) is 15.1. The number of imidazole rings is 1. The molecule has 0 saturated carbocycles. The molecule has 4 N–H and O–H groups in total. The second-order valence-electron chi connectivity index (χ2n) is 6.47. The zero-order valence-electron chi connectivity index (χ0n) is 15.8. The molecule has 2 aromatic heterocycles. The molecule has 0 unspecified atom stereocenters. The van der Waals surface area contributed by atoms with Crippen molar-refractivity contribution in [2.75, 3.05) is 16.4 Å². The van der Waals surface area contributed by atoms with Crippen molar-refractivity contribution in [1.29, 1.82) is 0 Å². The number of halogens is 5. The number of nitrogen functional groups attached to an aromatic ring is 1.